The Kier molecular flexibility index (Phi) is 2.55. The van der Waals surface area contributed by atoms with Crippen molar-refractivity contribution in [1.29, 1.82) is 0 Å². The number of pyridine rings is 1. The van der Waals surface area contributed by atoms with Crippen molar-refractivity contribution in [2.45, 2.75) is 13.5 Å². The minimum absolute atomic E-state index is 0.487. The van der Waals surface area contributed by atoms with Crippen LogP contribution in [-0.2, 0) is 11.3 Å². The van der Waals surface area contributed by atoms with E-state index >= 15 is 0 Å². The third-order valence-corrected chi connectivity index (χ3v) is 2.30. The van der Waals surface area contributed by atoms with E-state index in [1.165, 1.54) is 0 Å². The Balaban J connectivity index is 2.49. The van der Waals surface area contributed by atoms with Crippen molar-refractivity contribution in [2.75, 3.05) is 19.5 Å². The highest BCUT2D eigenvalue weighted by atomic mass is 16.5. The lowest BCUT2D eigenvalue weighted by Gasteiger charge is -2.04. The summed E-state index contributed by atoms with van der Waals surface area (Å²) in [5, 5.41) is 0. The van der Waals surface area contributed by atoms with Crippen LogP contribution in [-0.4, -0.2) is 28.3 Å². The number of nitrogens with two attached hydrogens (primary N) is 1. The number of aromatic nitrogens is 3. The molecule has 0 aliphatic rings. The Labute approximate surface area is 87.9 Å². The van der Waals surface area contributed by atoms with E-state index in [-0.39, 0.29) is 0 Å². The molecule has 0 aromatic carbocycles. The van der Waals surface area contributed by atoms with Gasteiger partial charge in [0.2, 0.25) is 0 Å². The van der Waals surface area contributed by atoms with Crippen molar-refractivity contribution in [1.82, 2.24) is 14.5 Å². The van der Waals surface area contributed by atoms with Crippen LogP contribution in [0.25, 0.3) is 11.0 Å². The Morgan fingerprint density at radius 2 is 2.33 bits per heavy atom. The molecule has 0 saturated carbocycles. The average molecular weight is 206 g/mol. The number of fused-ring (bicyclic) bond motifs is 1. The van der Waals surface area contributed by atoms with Crippen LogP contribution in [0.2, 0.25) is 0 Å². The van der Waals surface area contributed by atoms with Crippen molar-refractivity contribution >= 4 is 16.9 Å². The molecule has 0 aliphatic heterocycles. The summed E-state index contributed by atoms with van der Waals surface area (Å²) in [5.41, 5.74) is 8.45. The molecule has 0 saturated heterocycles. The molecule has 5 heteroatoms. The fourth-order valence-electron chi connectivity index (χ4n) is 1.58. The van der Waals surface area contributed by atoms with Gasteiger partial charge in [0.05, 0.1) is 18.5 Å². The summed E-state index contributed by atoms with van der Waals surface area (Å²) in [6.07, 6.45) is 1.77. The van der Waals surface area contributed by atoms with Crippen LogP contribution < -0.4 is 5.73 Å². The lowest BCUT2D eigenvalue weighted by atomic mass is 10.3. The highest BCUT2D eigenvalue weighted by Crippen LogP contribution is 2.18. The Morgan fingerprint density at radius 3 is 3.07 bits per heavy atom. The Hall–Kier alpha value is -1.62. The van der Waals surface area contributed by atoms with Crippen LogP contribution in [0.5, 0.6) is 0 Å². The zero-order chi connectivity index (χ0) is 10.8. The third kappa shape index (κ3) is 1.78. The molecule has 0 radical (unpaired) electrons. The van der Waals surface area contributed by atoms with Crippen LogP contribution in [0, 0.1) is 6.92 Å². The van der Waals surface area contributed by atoms with Crippen molar-refractivity contribution in [3.63, 3.8) is 0 Å². The van der Waals surface area contributed by atoms with Gasteiger partial charge in [0.15, 0.2) is 5.82 Å². The molecule has 0 aliphatic carbocycles. The van der Waals surface area contributed by atoms with Crippen LogP contribution in [0.15, 0.2) is 12.4 Å². The van der Waals surface area contributed by atoms with Gasteiger partial charge in [-0.05, 0) is 13.0 Å². The van der Waals surface area contributed by atoms with Crippen molar-refractivity contribution in [2.24, 2.45) is 0 Å². The van der Waals surface area contributed by atoms with E-state index in [2.05, 4.69) is 9.97 Å². The van der Waals surface area contributed by atoms with Crippen LogP contribution in [0.1, 0.15) is 5.69 Å². The highest BCUT2D eigenvalue weighted by Gasteiger charge is 2.07. The van der Waals surface area contributed by atoms with Gasteiger partial charge in [-0.3, -0.25) is 0 Å². The standard InChI is InChI=1S/C10H14N4O/c1-7-5-8-9(10(11)13-7)12-6-14(8)3-4-15-2/h5-6H,3-4H2,1-2H3,(H2,11,13). The van der Waals surface area contributed by atoms with Gasteiger partial charge in [-0.2, -0.15) is 0 Å². The largest absolute Gasteiger partial charge is 0.383 e. The molecule has 0 bridgehead atoms. The Bertz CT molecular complexity index is 477. The number of ether oxygens (including phenoxy) is 1. The SMILES string of the molecule is COCCn1cnc2c(N)nc(C)cc21. The molecule has 80 valence electrons. The number of hydrogen-bond acceptors (Lipinski definition) is 4. The highest BCUT2D eigenvalue weighted by molar-refractivity contribution is 5.85. The molecule has 2 rings (SSSR count). The molecular formula is C10H14N4O. The van der Waals surface area contributed by atoms with Crippen molar-refractivity contribution in [3.05, 3.63) is 18.1 Å². The second-order valence-electron chi connectivity index (χ2n) is 3.45. The number of rotatable bonds is 3. The van der Waals surface area contributed by atoms with Crippen molar-refractivity contribution in [3.8, 4) is 0 Å². The summed E-state index contributed by atoms with van der Waals surface area (Å²) < 4.78 is 7.05. The van der Waals surface area contributed by atoms with Gasteiger partial charge in [0, 0.05) is 19.3 Å². The predicted octanol–water partition coefficient (Wildman–Crippen LogP) is 0.968. The minimum Gasteiger partial charge on any atom is -0.383 e. The number of anilines is 1. The molecule has 0 spiro atoms. The molecule has 0 fully saturated rings. The third-order valence-electron chi connectivity index (χ3n) is 2.30. The van der Waals surface area contributed by atoms with E-state index in [4.69, 9.17) is 10.5 Å². The lowest BCUT2D eigenvalue weighted by molar-refractivity contribution is 0.188. The summed E-state index contributed by atoms with van der Waals surface area (Å²) in [5.74, 6) is 0.487. The number of imidazole rings is 1. The number of nitrogen functional groups attached to an aromatic ring is 1. The molecular weight excluding hydrogens is 192 g/mol. The Morgan fingerprint density at radius 1 is 1.53 bits per heavy atom. The summed E-state index contributed by atoms with van der Waals surface area (Å²) in [6.45, 7) is 3.35. The fraction of sp³-hybridized carbons (Fsp3) is 0.400. The van der Waals surface area contributed by atoms with Gasteiger partial charge in [0.1, 0.15) is 5.52 Å². The monoisotopic (exact) mass is 206 g/mol. The van der Waals surface area contributed by atoms with E-state index in [9.17, 15) is 0 Å². The predicted molar refractivity (Wildman–Crippen MR) is 58.6 cm³/mol. The van der Waals surface area contributed by atoms with E-state index in [0.717, 1.165) is 23.3 Å². The second-order valence-corrected chi connectivity index (χ2v) is 3.45. The molecule has 5 nitrogen and oxygen atoms in total. The number of nitrogens with zero attached hydrogens (tertiary/aromatic N) is 3. The van der Waals surface area contributed by atoms with Crippen LogP contribution in [0.3, 0.4) is 0 Å². The summed E-state index contributed by atoms with van der Waals surface area (Å²) in [4.78, 5) is 8.40. The first-order valence-corrected chi connectivity index (χ1v) is 4.79. The van der Waals surface area contributed by atoms with Gasteiger partial charge in [-0.25, -0.2) is 9.97 Å². The van der Waals surface area contributed by atoms with Crippen molar-refractivity contribution < 1.29 is 4.74 Å². The minimum atomic E-state index is 0.487. The maximum atomic E-state index is 5.78. The van der Waals surface area contributed by atoms with Gasteiger partial charge < -0.3 is 15.0 Å². The smallest absolute Gasteiger partial charge is 0.151 e. The van der Waals surface area contributed by atoms with Gasteiger partial charge in [0.25, 0.3) is 0 Å². The average Bonchev–Trinajstić information content (AvgIpc) is 2.58. The molecule has 2 aromatic heterocycles. The molecule has 2 heterocycles. The maximum Gasteiger partial charge on any atom is 0.151 e. The molecule has 0 unspecified atom stereocenters. The number of aryl methyl sites for hydroxylation is 1. The first-order chi connectivity index (χ1) is 7.22. The van der Waals surface area contributed by atoms with E-state index < -0.39 is 0 Å². The van der Waals surface area contributed by atoms with E-state index in [1.807, 2.05) is 17.6 Å². The van der Waals surface area contributed by atoms with Crippen LogP contribution in [0.4, 0.5) is 5.82 Å². The summed E-state index contributed by atoms with van der Waals surface area (Å²) in [6, 6.07) is 1.98. The maximum absolute atomic E-state index is 5.78. The lowest BCUT2D eigenvalue weighted by Crippen LogP contribution is -2.03. The molecule has 2 aromatic rings. The van der Waals surface area contributed by atoms with Gasteiger partial charge in [-0.1, -0.05) is 0 Å². The number of hydrogen-bond donors (Lipinski definition) is 1. The summed E-state index contributed by atoms with van der Waals surface area (Å²) in [7, 11) is 1.68. The second kappa shape index (κ2) is 3.86. The molecule has 0 amide bonds. The zero-order valence-electron chi connectivity index (χ0n) is 8.90. The van der Waals surface area contributed by atoms with Gasteiger partial charge in [-0.15, -0.1) is 0 Å². The first kappa shape index (κ1) is 9.92. The van der Waals surface area contributed by atoms with Crippen LogP contribution >= 0.6 is 0 Å². The number of methoxy groups -OCH3 is 1. The topological polar surface area (TPSA) is 66.0 Å². The first-order valence-electron chi connectivity index (χ1n) is 4.79. The van der Waals surface area contributed by atoms with E-state index in [1.54, 1.807) is 13.4 Å². The normalized spacial score (nSPS) is 11.1. The van der Waals surface area contributed by atoms with Gasteiger partial charge >= 0.3 is 0 Å². The molecule has 15 heavy (non-hydrogen) atoms. The molecule has 0 atom stereocenters. The summed E-state index contributed by atoms with van der Waals surface area (Å²) >= 11 is 0. The zero-order valence-corrected chi connectivity index (χ0v) is 8.90. The molecule has 2 N–H and O–H groups in total. The quantitative estimate of drug-likeness (QED) is 0.812. The van der Waals surface area contributed by atoms with E-state index in [0.29, 0.717) is 12.4 Å². The fourth-order valence-corrected chi connectivity index (χ4v) is 1.58.